The third-order valence-corrected chi connectivity index (χ3v) is 4.33. The zero-order valence-electron chi connectivity index (χ0n) is 12.7. The van der Waals surface area contributed by atoms with E-state index in [1.807, 2.05) is 6.07 Å². The van der Waals surface area contributed by atoms with Crippen LogP contribution in [0.25, 0.3) is 0 Å². The van der Waals surface area contributed by atoms with Crippen molar-refractivity contribution in [3.8, 4) is 0 Å². The monoisotopic (exact) mass is 291 g/mol. The highest BCUT2D eigenvalue weighted by Gasteiger charge is 2.19. The number of hydrogen-bond donors (Lipinski definition) is 1. The van der Waals surface area contributed by atoms with E-state index >= 15 is 0 Å². The third kappa shape index (κ3) is 4.10. The Morgan fingerprint density at radius 1 is 1.25 bits per heavy atom. The van der Waals surface area contributed by atoms with Gasteiger partial charge >= 0.3 is 0 Å². The van der Waals surface area contributed by atoms with E-state index in [-0.39, 0.29) is 0 Å². The van der Waals surface area contributed by atoms with E-state index in [2.05, 4.69) is 37.4 Å². The van der Waals surface area contributed by atoms with Crippen molar-refractivity contribution in [2.24, 2.45) is 0 Å². The van der Waals surface area contributed by atoms with Crippen LogP contribution in [0.5, 0.6) is 0 Å². The average Bonchev–Trinajstić information content (AvgIpc) is 2.72. The Morgan fingerprint density at radius 3 is 2.90 bits per heavy atom. The average molecular weight is 292 g/mol. The van der Waals surface area contributed by atoms with Gasteiger partial charge in [0.1, 0.15) is 0 Å². The normalized spacial score (nSPS) is 17.4. The summed E-state index contributed by atoms with van der Waals surface area (Å²) in [5, 5.41) is 4.56. The Bertz CT molecular complexity index is 464. The lowest BCUT2D eigenvalue weighted by Crippen LogP contribution is -2.24. The van der Waals surface area contributed by atoms with Crippen LogP contribution < -0.4 is 5.32 Å². The van der Waals surface area contributed by atoms with Gasteiger partial charge in [-0.05, 0) is 68.8 Å². The molecular weight excluding hydrogens is 266 g/mol. The fourth-order valence-corrected chi connectivity index (χ4v) is 3.13. The number of nitrogens with one attached hydrogen (secondary N) is 1. The molecule has 20 heavy (non-hydrogen) atoms. The zero-order valence-corrected chi connectivity index (χ0v) is 13.5. The molecule has 1 nitrogen and oxygen atoms in total. The largest absolute Gasteiger partial charge is 0.307 e. The molecule has 0 saturated heterocycles. The summed E-state index contributed by atoms with van der Waals surface area (Å²) in [7, 11) is 0. The van der Waals surface area contributed by atoms with Gasteiger partial charge in [0.05, 0.1) is 6.04 Å². The molecule has 1 atom stereocenters. The molecule has 110 valence electrons. The standard InChI is InChI=1S/C18H26ClN/c1-3-12-20-18(15-8-6-4-5-7-9-15)17-13-16(19)11-10-14(17)2/h8,10-11,13,18,20H,3-7,9,12H2,1-2H3. The first-order chi connectivity index (χ1) is 9.72. The number of benzene rings is 1. The van der Waals surface area contributed by atoms with Gasteiger partial charge in [0.2, 0.25) is 0 Å². The van der Waals surface area contributed by atoms with Gasteiger partial charge in [-0.25, -0.2) is 0 Å². The maximum Gasteiger partial charge on any atom is 0.0539 e. The first kappa shape index (κ1) is 15.6. The van der Waals surface area contributed by atoms with Gasteiger partial charge in [-0.1, -0.05) is 42.7 Å². The molecule has 2 heteroatoms. The molecule has 0 aliphatic heterocycles. The van der Waals surface area contributed by atoms with Crippen LogP contribution in [-0.2, 0) is 0 Å². The smallest absolute Gasteiger partial charge is 0.0539 e. The second-order valence-corrected chi connectivity index (χ2v) is 6.20. The predicted octanol–water partition coefficient (Wildman–Crippen LogP) is 5.58. The summed E-state index contributed by atoms with van der Waals surface area (Å²) >= 11 is 6.22. The van der Waals surface area contributed by atoms with E-state index in [9.17, 15) is 0 Å². The van der Waals surface area contributed by atoms with Crippen molar-refractivity contribution < 1.29 is 0 Å². The number of rotatable bonds is 5. The maximum atomic E-state index is 6.22. The maximum absolute atomic E-state index is 6.22. The van der Waals surface area contributed by atoms with Crippen molar-refractivity contribution in [1.29, 1.82) is 0 Å². The van der Waals surface area contributed by atoms with E-state index in [4.69, 9.17) is 11.6 Å². The van der Waals surface area contributed by atoms with Crippen molar-refractivity contribution in [3.05, 3.63) is 46.0 Å². The number of halogens is 1. The van der Waals surface area contributed by atoms with Crippen LogP contribution in [0.4, 0.5) is 0 Å². The summed E-state index contributed by atoms with van der Waals surface area (Å²) in [6, 6.07) is 6.59. The summed E-state index contributed by atoms with van der Waals surface area (Å²) in [5.41, 5.74) is 4.23. The Hall–Kier alpha value is -0.790. The van der Waals surface area contributed by atoms with E-state index in [1.54, 1.807) is 5.57 Å². The lowest BCUT2D eigenvalue weighted by Gasteiger charge is -2.24. The molecule has 1 aromatic carbocycles. The lowest BCUT2D eigenvalue weighted by molar-refractivity contribution is 0.565. The molecule has 0 radical (unpaired) electrons. The molecule has 1 unspecified atom stereocenters. The first-order valence-corrected chi connectivity index (χ1v) is 8.28. The van der Waals surface area contributed by atoms with Crippen LogP contribution >= 0.6 is 11.6 Å². The van der Waals surface area contributed by atoms with E-state index < -0.39 is 0 Å². The molecule has 0 spiro atoms. The zero-order chi connectivity index (χ0) is 14.4. The van der Waals surface area contributed by atoms with Crippen LogP contribution in [0.2, 0.25) is 5.02 Å². The minimum Gasteiger partial charge on any atom is -0.307 e. The molecule has 1 N–H and O–H groups in total. The summed E-state index contributed by atoms with van der Waals surface area (Å²) in [6.07, 6.45) is 10.1. The molecule has 0 bridgehead atoms. The summed E-state index contributed by atoms with van der Waals surface area (Å²) < 4.78 is 0. The Labute approximate surface area is 128 Å². The van der Waals surface area contributed by atoms with E-state index in [0.717, 1.165) is 18.0 Å². The van der Waals surface area contributed by atoms with Crippen molar-refractivity contribution >= 4 is 11.6 Å². The van der Waals surface area contributed by atoms with Crippen LogP contribution in [0.15, 0.2) is 29.8 Å². The van der Waals surface area contributed by atoms with Gasteiger partial charge in [-0.15, -0.1) is 0 Å². The fourth-order valence-electron chi connectivity index (χ4n) is 2.95. The molecule has 1 aliphatic rings. The summed E-state index contributed by atoms with van der Waals surface area (Å²) in [4.78, 5) is 0. The first-order valence-electron chi connectivity index (χ1n) is 7.90. The molecule has 0 amide bonds. The van der Waals surface area contributed by atoms with Crippen LogP contribution in [0.1, 0.15) is 62.6 Å². The predicted molar refractivity (Wildman–Crippen MR) is 88.4 cm³/mol. The highest BCUT2D eigenvalue weighted by atomic mass is 35.5. The molecule has 0 fully saturated rings. The Morgan fingerprint density at radius 2 is 2.10 bits per heavy atom. The molecular formula is C18H26ClN. The summed E-state index contributed by atoms with van der Waals surface area (Å²) in [6.45, 7) is 5.45. The van der Waals surface area contributed by atoms with Crippen molar-refractivity contribution in [2.45, 2.75) is 58.4 Å². The Kier molecular flexibility index (Phi) is 6.12. The quantitative estimate of drug-likeness (QED) is 0.698. The van der Waals surface area contributed by atoms with E-state index in [1.165, 1.54) is 43.2 Å². The van der Waals surface area contributed by atoms with Gasteiger partial charge in [0.25, 0.3) is 0 Å². The molecule has 1 aliphatic carbocycles. The number of aryl methyl sites for hydroxylation is 1. The van der Waals surface area contributed by atoms with Crippen LogP contribution in [-0.4, -0.2) is 6.54 Å². The van der Waals surface area contributed by atoms with Gasteiger partial charge in [0.15, 0.2) is 0 Å². The highest BCUT2D eigenvalue weighted by Crippen LogP contribution is 2.32. The second-order valence-electron chi connectivity index (χ2n) is 5.77. The third-order valence-electron chi connectivity index (χ3n) is 4.10. The fraction of sp³-hybridized carbons (Fsp3) is 0.556. The second kappa shape index (κ2) is 7.85. The molecule has 0 heterocycles. The van der Waals surface area contributed by atoms with E-state index in [0.29, 0.717) is 6.04 Å². The minimum absolute atomic E-state index is 0.340. The van der Waals surface area contributed by atoms with Gasteiger partial charge in [-0.2, -0.15) is 0 Å². The van der Waals surface area contributed by atoms with Crippen LogP contribution in [0, 0.1) is 6.92 Å². The van der Waals surface area contributed by atoms with Crippen molar-refractivity contribution in [1.82, 2.24) is 5.32 Å². The summed E-state index contributed by atoms with van der Waals surface area (Å²) in [5.74, 6) is 0. The lowest BCUT2D eigenvalue weighted by atomic mass is 9.92. The van der Waals surface area contributed by atoms with Crippen molar-refractivity contribution in [3.63, 3.8) is 0 Å². The molecule has 0 saturated carbocycles. The Balaban J connectivity index is 2.30. The SMILES string of the molecule is CCCNC(C1=CCCCCC1)c1cc(Cl)ccc1C. The number of allylic oxidation sites excluding steroid dienone is 1. The molecule has 1 aromatic rings. The number of hydrogen-bond acceptors (Lipinski definition) is 1. The van der Waals surface area contributed by atoms with Gasteiger partial charge < -0.3 is 5.32 Å². The molecule has 0 aromatic heterocycles. The topological polar surface area (TPSA) is 12.0 Å². The highest BCUT2D eigenvalue weighted by molar-refractivity contribution is 6.30. The van der Waals surface area contributed by atoms with Crippen LogP contribution in [0.3, 0.4) is 0 Å². The van der Waals surface area contributed by atoms with Crippen molar-refractivity contribution in [2.75, 3.05) is 6.54 Å². The van der Waals surface area contributed by atoms with Gasteiger partial charge in [-0.3, -0.25) is 0 Å². The van der Waals surface area contributed by atoms with Gasteiger partial charge in [0, 0.05) is 5.02 Å². The molecule has 2 rings (SSSR count). The minimum atomic E-state index is 0.340.